The molecule has 242 valence electrons. The van der Waals surface area contributed by atoms with Gasteiger partial charge in [-0.05, 0) is 39.5 Å². The van der Waals surface area contributed by atoms with E-state index in [-0.39, 0.29) is 32.9 Å². The second kappa shape index (κ2) is 20.4. The number of rotatable bonds is 22. The fourth-order valence-corrected chi connectivity index (χ4v) is 7.73. The van der Waals surface area contributed by atoms with Crippen molar-refractivity contribution in [1.29, 1.82) is 0 Å². The second-order valence-electron chi connectivity index (χ2n) is 11.5. The van der Waals surface area contributed by atoms with Gasteiger partial charge >= 0.3 is 0 Å². The van der Waals surface area contributed by atoms with Crippen LogP contribution in [-0.4, -0.2) is 53.6 Å². The molecule has 3 atom stereocenters. The van der Waals surface area contributed by atoms with Crippen LogP contribution in [0.1, 0.15) is 122 Å². The third-order valence-corrected chi connectivity index (χ3v) is 11.7. The van der Waals surface area contributed by atoms with Gasteiger partial charge < -0.3 is 10.1 Å². The standard InChI is InChI=1S/C32H50IN3O4S3/c1-6-9-11-12-13-17-28(38)41-19-15-14-16-24(40-31(4,8-3)18-10-7-2)20-26(37)34-21-27-35-25(22-42-27)29-36-32(5,23-43-29)30(33)39/h14,16,22,24H,6-13,15,17-21,23H2,1-5H3,(H,34,37)/b16-14+. The number of ether oxygens (including phenoxy) is 1. The number of halogens is 1. The van der Waals surface area contributed by atoms with Gasteiger partial charge in [0.2, 0.25) is 9.70 Å². The topological polar surface area (TPSA) is 97.7 Å². The van der Waals surface area contributed by atoms with Gasteiger partial charge in [0.15, 0.2) is 5.12 Å². The Balaban J connectivity index is 1.90. The zero-order valence-electron chi connectivity index (χ0n) is 26.5. The smallest absolute Gasteiger partial charge is 0.223 e. The molecule has 1 amide bonds. The molecule has 0 aliphatic carbocycles. The Hall–Kier alpha value is -0.760. The zero-order valence-corrected chi connectivity index (χ0v) is 31.2. The fourth-order valence-electron chi connectivity index (χ4n) is 4.47. The highest BCUT2D eigenvalue weighted by Gasteiger charge is 2.37. The lowest BCUT2D eigenvalue weighted by molar-refractivity contribution is -0.127. The van der Waals surface area contributed by atoms with Crippen LogP contribution in [0.2, 0.25) is 0 Å². The Bertz CT molecular complexity index is 1100. The first-order chi connectivity index (χ1) is 20.5. The normalized spacial score (nSPS) is 18.9. The number of nitrogens with zero attached hydrogens (tertiary/aromatic N) is 2. The number of thioether (sulfide) groups is 2. The highest BCUT2D eigenvalue weighted by atomic mass is 127. The molecule has 0 spiro atoms. The average molecular weight is 764 g/mol. The number of carbonyl (C=O) groups excluding carboxylic acids is 3. The van der Waals surface area contributed by atoms with E-state index in [0.29, 0.717) is 18.7 Å². The number of allylic oxidation sites excluding steroid dienone is 1. The van der Waals surface area contributed by atoms with Crippen molar-refractivity contribution in [2.75, 3.05) is 11.5 Å². The van der Waals surface area contributed by atoms with E-state index < -0.39 is 5.54 Å². The van der Waals surface area contributed by atoms with E-state index >= 15 is 0 Å². The van der Waals surface area contributed by atoms with Crippen LogP contribution < -0.4 is 5.32 Å². The lowest BCUT2D eigenvalue weighted by Gasteiger charge is -2.32. The Morgan fingerprint density at radius 3 is 2.60 bits per heavy atom. The summed E-state index contributed by atoms with van der Waals surface area (Å²) in [6, 6.07) is 0. The summed E-state index contributed by atoms with van der Waals surface area (Å²) in [5.41, 5.74) is -0.244. The van der Waals surface area contributed by atoms with E-state index in [1.165, 1.54) is 42.4 Å². The first kappa shape index (κ1) is 38.4. The van der Waals surface area contributed by atoms with E-state index in [9.17, 15) is 14.4 Å². The lowest BCUT2D eigenvalue weighted by atomic mass is 9.95. The fraction of sp³-hybridized carbons (Fsp3) is 0.719. The van der Waals surface area contributed by atoms with Gasteiger partial charge in [-0.3, -0.25) is 19.4 Å². The number of amides is 1. The maximum absolute atomic E-state index is 13.0. The van der Waals surface area contributed by atoms with Crippen LogP contribution in [0.4, 0.5) is 0 Å². The van der Waals surface area contributed by atoms with Gasteiger partial charge in [-0.1, -0.05) is 83.2 Å². The summed E-state index contributed by atoms with van der Waals surface area (Å²) < 4.78 is 6.58. The highest BCUT2D eigenvalue weighted by Crippen LogP contribution is 2.33. The minimum atomic E-state index is -0.701. The van der Waals surface area contributed by atoms with Crippen molar-refractivity contribution in [2.45, 2.75) is 135 Å². The molecule has 0 radical (unpaired) electrons. The Morgan fingerprint density at radius 2 is 1.93 bits per heavy atom. The second-order valence-corrected chi connectivity index (χ2v) is 15.6. The van der Waals surface area contributed by atoms with Crippen LogP contribution in [0.5, 0.6) is 0 Å². The molecule has 3 unspecified atom stereocenters. The predicted octanol–water partition coefficient (Wildman–Crippen LogP) is 8.67. The van der Waals surface area contributed by atoms with E-state index in [0.717, 1.165) is 66.4 Å². The predicted molar refractivity (Wildman–Crippen MR) is 193 cm³/mol. The van der Waals surface area contributed by atoms with Crippen molar-refractivity contribution in [3.8, 4) is 0 Å². The molecule has 11 heteroatoms. The van der Waals surface area contributed by atoms with Gasteiger partial charge in [0.1, 0.15) is 21.3 Å². The molecule has 1 aliphatic heterocycles. The van der Waals surface area contributed by atoms with Crippen LogP contribution in [0, 0.1) is 0 Å². The summed E-state index contributed by atoms with van der Waals surface area (Å²) in [7, 11) is 0. The molecule has 0 aromatic carbocycles. The number of nitrogens with one attached hydrogen (secondary N) is 1. The summed E-state index contributed by atoms with van der Waals surface area (Å²) in [4.78, 5) is 46.4. The molecule has 1 aliphatic rings. The number of aliphatic imine (C=N–C) groups is 1. The maximum atomic E-state index is 13.0. The number of aromatic nitrogens is 1. The number of unbranched alkanes of at least 4 members (excludes halogenated alkanes) is 5. The Labute approximate surface area is 285 Å². The van der Waals surface area contributed by atoms with Crippen molar-refractivity contribution in [3.05, 3.63) is 28.2 Å². The van der Waals surface area contributed by atoms with E-state index in [1.54, 1.807) is 11.8 Å². The minimum absolute atomic E-state index is 0.0235. The monoisotopic (exact) mass is 763 g/mol. The van der Waals surface area contributed by atoms with Gasteiger partial charge in [-0.25, -0.2) is 4.98 Å². The Kier molecular flexibility index (Phi) is 18.2. The molecule has 7 nitrogen and oxygen atoms in total. The average Bonchev–Trinajstić information content (AvgIpc) is 3.62. The third kappa shape index (κ3) is 14.5. The summed E-state index contributed by atoms with van der Waals surface area (Å²) in [5, 5.41) is 6.78. The quantitative estimate of drug-likeness (QED) is 0.0547. The lowest BCUT2D eigenvalue weighted by Crippen LogP contribution is -2.35. The van der Waals surface area contributed by atoms with Gasteiger partial charge in [-0.2, -0.15) is 0 Å². The summed E-state index contributed by atoms with van der Waals surface area (Å²) in [6.07, 6.45) is 15.1. The first-order valence-corrected chi connectivity index (χ1v) is 19.6. The molecule has 1 aromatic heterocycles. The van der Waals surface area contributed by atoms with Crippen LogP contribution in [0.3, 0.4) is 0 Å². The molecular formula is C32H50IN3O4S3. The van der Waals surface area contributed by atoms with Crippen LogP contribution in [0.25, 0.3) is 0 Å². The van der Waals surface area contributed by atoms with Gasteiger partial charge in [0.25, 0.3) is 0 Å². The third-order valence-electron chi connectivity index (χ3n) is 7.48. The highest BCUT2D eigenvalue weighted by molar-refractivity contribution is 14.1. The van der Waals surface area contributed by atoms with Gasteiger partial charge in [-0.15, -0.1) is 23.1 Å². The number of hydrogen-bond donors (Lipinski definition) is 1. The maximum Gasteiger partial charge on any atom is 0.223 e. The van der Waals surface area contributed by atoms with E-state index in [4.69, 9.17) is 4.74 Å². The van der Waals surface area contributed by atoms with Crippen molar-refractivity contribution in [3.63, 3.8) is 0 Å². The molecule has 2 heterocycles. The molecule has 1 aromatic rings. The first-order valence-electron chi connectivity index (χ1n) is 15.7. The molecule has 43 heavy (non-hydrogen) atoms. The summed E-state index contributed by atoms with van der Waals surface area (Å²) in [5.74, 6) is 1.26. The van der Waals surface area contributed by atoms with Crippen molar-refractivity contribution in [1.82, 2.24) is 10.3 Å². The van der Waals surface area contributed by atoms with Crippen molar-refractivity contribution < 1.29 is 19.1 Å². The summed E-state index contributed by atoms with van der Waals surface area (Å²) in [6.45, 7) is 10.8. The Morgan fingerprint density at radius 1 is 1.19 bits per heavy atom. The van der Waals surface area contributed by atoms with Crippen molar-refractivity contribution in [2.24, 2.45) is 4.99 Å². The van der Waals surface area contributed by atoms with Crippen LogP contribution in [0.15, 0.2) is 22.5 Å². The number of carbonyl (C=O) groups is 3. The molecule has 2 rings (SSSR count). The number of hydrogen-bond acceptors (Lipinski definition) is 9. The molecule has 0 fully saturated rings. The van der Waals surface area contributed by atoms with Gasteiger partial charge in [0.05, 0.1) is 24.7 Å². The largest absolute Gasteiger partial charge is 0.367 e. The van der Waals surface area contributed by atoms with Crippen LogP contribution >= 0.6 is 57.5 Å². The molecule has 0 bridgehead atoms. The van der Waals surface area contributed by atoms with Crippen LogP contribution in [-0.2, 0) is 25.7 Å². The molecule has 0 saturated heterocycles. The van der Waals surface area contributed by atoms with E-state index in [2.05, 4.69) is 49.1 Å². The minimum Gasteiger partial charge on any atom is -0.367 e. The SMILES string of the molecule is CCCCCCCC(=O)SCC/C=C/C(CC(=O)NCc1nc(C2=NC(C)(C(=O)I)CS2)cs1)OC(C)(CC)CCCC. The number of thiazole rings is 1. The van der Waals surface area contributed by atoms with E-state index in [1.807, 2.05) is 41.0 Å². The molecular weight excluding hydrogens is 713 g/mol. The van der Waals surface area contributed by atoms with Gasteiger partial charge in [0, 0.05) is 45.9 Å². The summed E-state index contributed by atoms with van der Waals surface area (Å²) >= 11 is 6.24. The van der Waals surface area contributed by atoms with Crippen molar-refractivity contribution >= 4 is 77.3 Å². The molecule has 0 saturated carbocycles. The zero-order chi connectivity index (χ0) is 31.7. The molecule has 1 N–H and O–H groups in total.